The van der Waals surface area contributed by atoms with Crippen molar-refractivity contribution in [2.75, 3.05) is 80.8 Å². The second-order valence-electron chi connectivity index (χ2n) is 19.8. The molecule has 3 aliphatic heterocycles. The topological polar surface area (TPSA) is 185 Å². The van der Waals surface area contributed by atoms with E-state index in [1.54, 1.807) is 12.3 Å². The first-order valence-electron chi connectivity index (χ1n) is 24.1. The minimum absolute atomic E-state index is 0.111. The summed E-state index contributed by atoms with van der Waals surface area (Å²) in [6.07, 6.45) is 8.75. The van der Waals surface area contributed by atoms with E-state index in [0.29, 0.717) is 62.2 Å². The highest BCUT2D eigenvalue weighted by molar-refractivity contribution is 7.90. The number of hydrogen-bond acceptors (Lipinski definition) is 13. The fraction of sp³-hybridized carbons (Fsp3) is 0.451. The zero-order chi connectivity index (χ0) is 47.9. The number of anilines is 4. The number of pyridine rings is 1. The zero-order valence-corrected chi connectivity index (χ0v) is 40.7. The van der Waals surface area contributed by atoms with Gasteiger partial charge in [0.15, 0.2) is 5.79 Å². The number of nitrogens with zero attached hydrogens (tertiary/aromatic N) is 5. The number of hydrogen-bond donors (Lipinski definition) is 3. The maximum atomic E-state index is 14.5. The normalized spacial score (nSPS) is 19.9. The summed E-state index contributed by atoms with van der Waals surface area (Å²) in [7, 11) is -4.59. The predicted molar refractivity (Wildman–Crippen MR) is 267 cm³/mol. The van der Waals surface area contributed by atoms with E-state index < -0.39 is 37.2 Å². The third kappa shape index (κ3) is 10.2. The summed E-state index contributed by atoms with van der Waals surface area (Å²) in [5, 5.41) is 17.1. The largest absolute Gasteiger partial charge is 0.476 e. The maximum absolute atomic E-state index is 14.5. The van der Waals surface area contributed by atoms with Gasteiger partial charge < -0.3 is 34.3 Å². The summed E-state index contributed by atoms with van der Waals surface area (Å²) < 4.78 is 48.2. The Labute approximate surface area is 407 Å². The Morgan fingerprint density at radius 1 is 0.928 bits per heavy atom. The molecule has 1 spiro atoms. The molecule has 0 bridgehead atoms. The van der Waals surface area contributed by atoms with Crippen molar-refractivity contribution in [1.82, 2.24) is 19.6 Å². The number of fused-ring (bicyclic) bond motifs is 2. The van der Waals surface area contributed by atoms with Crippen molar-refractivity contribution in [3.05, 3.63) is 111 Å². The van der Waals surface area contributed by atoms with E-state index in [1.807, 2.05) is 41.3 Å². The van der Waals surface area contributed by atoms with Gasteiger partial charge in [0.25, 0.3) is 21.6 Å². The fourth-order valence-corrected chi connectivity index (χ4v) is 11.7. The lowest BCUT2D eigenvalue weighted by Gasteiger charge is -2.39. The molecule has 10 rings (SSSR count). The number of nitro groups is 1. The molecule has 1 amide bonds. The van der Waals surface area contributed by atoms with Crippen LogP contribution in [0, 0.1) is 21.4 Å². The number of rotatable bonds is 12. The number of ether oxygens (including phenoxy) is 3. The van der Waals surface area contributed by atoms with E-state index in [0.717, 1.165) is 99.8 Å². The van der Waals surface area contributed by atoms with Crippen LogP contribution in [0.4, 0.5) is 28.4 Å². The minimum atomic E-state index is -4.59. The quantitative estimate of drug-likeness (QED) is 0.0795. The summed E-state index contributed by atoms with van der Waals surface area (Å²) in [6.45, 7) is 11.2. The van der Waals surface area contributed by atoms with Crippen LogP contribution in [0.3, 0.4) is 0 Å². The number of benzene rings is 3. The lowest BCUT2D eigenvalue weighted by Crippen LogP contribution is -2.47. The molecule has 0 unspecified atom stereocenters. The van der Waals surface area contributed by atoms with Crippen molar-refractivity contribution < 1.29 is 32.3 Å². The second-order valence-corrected chi connectivity index (χ2v) is 21.9. The van der Waals surface area contributed by atoms with Crippen LogP contribution in [0.25, 0.3) is 16.6 Å². The van der Waals surface area contributed by atoms with Gasteiger partial charge in [-0.15, -0.1) is 0 Å². The predicted octanol–water partition coefficient (Wildman–Crippen LogP) is 9.29. The average Bonchev–Trinajstić information content (AvgIpc) is 3.95. The molecule has 5 aliphatic rings. The third-order valence-electron chi connectivity index (χ3n) is 14.5. The number of nitrogens with one attached hydrogen (secondary N) is 3. The van der Waals surface area contributed by atoms with Crippen LogP contribution in [-0.4, -0.2) is 106 Å². The summed E-state index contributed by atoms with van der Waals surface area (Å²) in [5.41, 5.74) is 6.93. The number of halogens is 1. The number of carbonyl (C=O) groups excluding carboxylic acids is 1. The molecule has 3 N–H and O–H groups in total. The first kappa shape index (κ1) is 47.0. The Hall–Kier alpha value is -5.72. The molecular weight excluding hydrogens is 920 g/mol. The van der Waals surface area contributed by atoms with Gasteiger partial charge in [-0.1, -0.05) is 43.2 Å². The van der Waals surface area contributed by atoms with Gasteiger partial charge in [0, 0.05) is 87.0 Å². The van der Waals surface area contributed by atoms with Gasteiger partial charge >= 0.3 is 0 Å². The lowest BCUT2D eigenvalue weighted by molar-refractivity contribution is -0.384. The molecule has 16 nitrogen and oxygen atoms in total. The van der Waals surface area contributed by atoms with Crippen molar-refractivity contribution in [2.24, 2.45) is 11.3 Å². The molecule has 0 radical (unpaired) electrons. The molecule has 5 heterocycles. The molecule has 5 aromatic rings. The molecule has 3 fully saturated rings. The molecule has 3 aromatic carbocycles. The highest BCUT2D eigenvalue weighted by Crippen LogP contribution is 2.45. The molecule has 0 atom stereocenters. The number of amides is 1. The molecule has 2 saturated heterocycles. The Morgan fingerprint density at radius 3 is 2.45 bits per heavy atom. The number of carbonyl (C=O) groups is 1. The van der Waals surface area contributed by atoms with Crippen LogP contribution in [0.5, 0.6) is 5.88 Å². The monoisotopic (exact) mass is 978 g/mol. The molecule has 364 valence electrons. The van der Waals surface area contributed by atoms with Crippen LogP contribution >= 0.6 is 11.6 Å². The van der Waals surface area contributed by atoms with Crippen LogP contribution < -0.4 is 24.6 Å². The van der Waals surface area contributed by atoms with E-state index in [1.165, 1.54) is 28.8 Å². The molecular formula is C51H59ClN8O8S. The van der Waals surface area contributed by atoms with E-state index in [-0.39, 0.29) is 22.6 Å². The molecule has 2 aliphatic carbocycles. The molecule has 1 saturated carbocycles. The Bertz CT molecular complexity index is 2880. The number of allylic oxidation sites excluding steroid dienone is 1. The number of aromatic nitrogens is 2. The van der Waals surface area contributed by atoms with Gasteiger partial charge in [-0.3, -0.25) is 19.8 Å². The first-order chi connectivity index (χ1) is 33.2. The fourth-order valence-electron chi connectivity index (χ4n) is 10.6. The second kappa shape index (κ2) is 19.2. The van der Waals surface area contributed by atoms with Crippen molar-refractivity contribution in [3.8, 4) is 5.88 Å². The van der Waals surface area contributed by atoms with Crippen molar-refractivity contribution in [2.45, 2.75) is 75.9 Å². The summed E-state index contributed by atoms with van der Waals surface area (Å²) in [6, 6.07) is 21.2. The lowest BCUT2D eigenvalue weighted by atomic mass is 9.72. The number of nitro benzene ring substituents is 1. The van der Waals surface area contributed by atoms with Crippen LogP contribution in [0.15, 0.2) is 89.5 Å². The van der Waals surface area contributed by atoms with E-state index >= 15 is 0 Å². The Morgan fingerprint density at radius 2 is 1.70 bits per heavy atom. The molecule has 18 heteroatoms. The zero-order valence-electron chi connectivity index (χ0n) is 39.1. The third-order valence-corrected chi connectivity index (χ3v) is 16.1. The average molecular weight is 980 g/mol. The standard InChI is InChI=1S/C51H59ClN8O8S/c1-50(2)16-14-37(42(31-50)35-4-6-38(52)7-5-35)33-57-21-23-58(24-22-57)39-8-10-41(44(29-39)59-20-3-25-66-49-46(59)28-36-15-19-53-47(36)55-49)48(61)56-69(64,65)40-9-11-43(45(30-40)60(62)63)54-32-34-12-17-51(18-13-34)67-26-27-68-51/h4-11,15,19,28-30,34,54H,3,12-14,16-18,20-27,31-33H2,1-2H3,(H,53,55)(H,56,61). The number of sulfonamides is 1. The summed E-state index contributed by atoms with van der Waals surface area (Å²) in [4.78, 5) is 40.5. The maximum Gasteiger partial charge on any atom is 0.293 e. The number of piperazine rings is 1. The Kier molecular flexibility index (Phi) is 13.1. The minimum Gasteiger partial charge on any atom is -0.476 e. The van der Waals surface area contributed by atoms with Crippen molar-refractivity contribution >= 4 is 72.6 Å². The van der Waals surface area contributed by atoms with Crippen molar-refractivity contribution in [3.63, 3.8) is 0 Å². The highest BCUT2D eigenvalue weighted by Gasteiger charge is 2.40. The van der Waals surface area contributed by atoms with Crippen LogP contribution in [0.1, 0.15) is 81.1 Å². The van der Waals surface area contributed by atoms with Crippen molar-refractivity contribution in [1.29, 1.82) is 0 Å². The SMILES string of the molecule is CC1(C)CCC(CN2CCN(c3ccc(C(=O)NS(=O)(=O)c4ccc(NCC5CCC6(CC5)OCCO6)c([N+](=O)[O-])c4)c(N4CCCOc5nc6[nH]ccc6cc54)c3)CC2)=C(c2ccc(Cl)cc2)C1. The van der Waals surface area contributed by atoms with Gasteiger partial charge in [-0.25, -0.2) is 13.1 Å². The van der Waals surface area contributed by atoms with Gasteiger partial charge in [-0.2, -0.15) is 4.98 Å². The van der Waals surface area contributed by atoms with Gasteiger partial charge in [-0.05, 0) is 116 Å². The van der Waals surface area contributed by atoms with Gasteiger partial charge in [0.1, 0.15) is 17.0 Å². The molecule has 2 aromatic heterocycles. The van der Waals surface area contributed by atoms with E-state index in [9.17, 15) is 23.3 Å². The van der Waals surface area contributed by atoms with Gasteiger partial charge in [0.05, 0.1) is 40.9 Å². The van der Waals surface area contributed by atoms with Crippen LogP contribution in [0.2, 0.25) is 5.02 Å². The van der Waals surface area contributed by atoms with E-state index in [2.05, 4.69) is 50.8 Å². The van der Waals surface area contributed by atoms with Gasteiger partial charge in [0.2, 0.25) is 5.88 Å². The van der Waals surface area contributed by atoms with Crippen LogP contribution in [-0.2, 0) is 19.5 Å². The Balaban J connectivity index is 0.895. The first-order valence-corrected chi connectivity index (χ1v) is 25.9. The highest BCUT2D eigenvalue weighted by atomic mass is 35.5. The number of H-pyrrole nitrogens is 1. The summed E-state index contributed by atoms with van der Waals surface area (Å²) >= 11 is 6.28. The summed E-state index contributed by atoms with van der Waals surface area (Å²) in [5.74, 6) is -0.769. The van der Waals surface area contributed by atoms with E-state index in [4.69, 9.17) is 30.8 Å². The smallest absolute Gasteiger partial charge is 0.293 e. The number of aromatic amines is 1. The molecule has 69 heavy (non-hydrogen) atoms.